The van der Waals surface area contributed by atoms with E-state index in [2.05, 4.69) is 0 Å². The van der Waals surface area contributed by atoms with Crippen molar-refractivity contribution in [1.82, 2.24) is 4.90 Å². The fourth-order valence-corrected chi connectivity index (χ4v) is 1.49. The van der Waals surface area contributed by atoms with E-state index in [1.807, 2.05) is 0 Å². The summed E-state index contributed by atoms with van der Waals surface area (Å²) in [7, 11) is 0. The summed E-state index contributed by atoms with van der Waals surface area (Å²) < 4.78 is 17.7. The maximum absolute atomic E-state index is 12.6. The lowest BCUT2D eigenvalue weighted by Crippen LogP contribution is -2.46. The number of nitrogens with zero attached hydrogens (tertiary/aromatic N) is 1. The van der Waals surface area contributed by atoms with Crippen LogP contribution in [0.2, 0.25) is 0 Å². The zero-order valence-electron chi connectivity index (χ0n) is 9.55. The first-order valence-corrected chi connectivity index (χ1v) is 5.09. The molecule has 0 unspecified atom stereocenters. The molecule has 1 saturated heterocycles. The lowest BCUT2D eigenvalue weighted by atomic mass is 10.0. The first-order valence-electron chi connectivity index (χ1n) is 5.09. The van der Waals surface area contributed by atoms with Crippen molar-refractivity contribution in [2.45, 2.75) is 38.3 Å². The number of likely N-dealkylation sites (tertiary alicyclic amines) is 1. The van der Waals surface area contributed by atoms with Gasteiger partial charge < -0.3 is 15.4 Å². The molecule has 1 heterocycles. The number of hydrogen-bond acceptors (Lipinski definition) is 3. The molecule has 2 N–H and O–H groups in total. The zero-order chi connectivity index (χ0) is 11.7. The van der Waals surface area contributed by atoms with Crippen molar-refractivity contribution in [3.8, 4) is 0 Å². The second-order valence-electron chi connectivity index (χ2n) is 5.15. The molecule has 0 aromatic rings. The van der Waals surface area contributed by atoms with Crippen LogP contribution >= 0.6 is 0 Å². The van der Waals surface area contributed by atoms with Crippen LogP contribution in [0.4, 0.5) is 9.18 Å². The third-order valence-corrected chi connectivity index (χ3v) is 2.30. The number of halogens is 1. The summed E-state index contributed by atoms with van der Waals surface area (Å²) in [5.74, 6) is 0. The van der Waals surface area contributed by atoms with Crippen LogP contribution in [0.3, 0.4) is 0 Å². The van der Waals surface area contributed by atoms with Gasteiger partial charge in [0.05, 0.1) is 5.54 Å². The molecule has 0 saturated carbocycles. The summed E-state index contributed by atoms with van der Waals surface area (Å²) in [5, 5.41) is 0. The molecule has 1 fully saturated rings. The van der Waals surface area contributed by atoms with Crippen LogP contribution in [-0.2, 0) is 4.74 Å². The Balaban J connectivity index is 2.51. The number of hydrogen-bond donors (Lipinski definition) is 1. The summed E-state index contributed by atoms with van der Waals surface area (Å²) in [6.07, 6.45) is 0.0752. The fraction of sp³-hybridized carbons (Fsp3) is 0.900. The highest BCUT2D eigenvalue weighted by Crippen LogP contribution is 2.21. The van der Waals surface area contributed by atoms with Crippen molar-refractivity contribution in [1.29, 1.82) is 0 Å². The Morgan fingerprint density at radius 2 is 2.20 bits per heavy atom. The van der Waals surface area contributed by atoms with Crippen molar-refractivity contribution in [3.05, 3.63) is 0 Å². The third-order valence-electron chi connectivity index (χ3n) is 2.30. The van der Waals surface area contributed by atoms with Crippen LogP contribution in [0.1, 0.15) is 27.2 Å². The molecule has 1 aliphatic heterocycles. The smallest absolute Gasteiger partial charge is 0.410 e. The van der Waals surface area contributed by atoms with Crippen LogP contribution in [0.5, 0.6) is 0 Å². The number of carbonyl (C=O) groups excluding carboxylic acids is 1. The maximum atomic E-state index is 12.6. The van der Waals surface area contributed by atoms with Gasteiger partial charge in [-0.2, -0.15) is 0 Å². The molecule has 4 nitrogen and oxygen atoms in total. The average molecular weight is 218 g/mol. The van der Waals surface area contributed by atoms with Crippen LogP contribution in [0.15, 0.2) is 0 Å². The number of ether oxygens (including phenoxy) is 1. The van der Waals surface area contributed by atoms with Crippen LogP contribution in [-0.4, -0.2) is 41.9 Å². The third kappa shape index (κ3) is 3.34. The van der Waals surface area contributed by atoms with Gasteiger partial charge in [-0.1, -0.05) is 0 Å². The van der Waals surface area contributed by atoms with Crippen LogP contribution in [0, 0.1) is 0 Å². The number of amides is 1. The van der Waals surface area contributed by atoms with Gasteiger partial charge in [0.2, 0.25) is 0 Å². The van der Waals surface area contributed by atoms with Crippen molar-refractivity contribution in [2.24, 2.45) is 5.73 Å². The van der Waals surface area contributed by atoms with E-state index in [1.54, 1.807) is 20.8 Å². The standard InChI is InChI=1S/C10H19FN2O2/c1-9(2,3)15-8(14)13-5-4-10(12,6-11)7-13/h4-7,12H2,1-3H3/t10-/m1/s1. The van der Waals surface area contributed by atoms with Gasteiger partial charge in [-0.15, -0.1) is 0 Å². The molecular formula is C10H19FN2O2. The predicted molar refractivity (Wildman–Crippen MR) is 55.3 cm³/mol. The first kappa shape index (κ1) is 12.2. The van der Waals surface area contributed by atoms with Gasteiger partial charge in [0.25, 0.3) is 0 Å². The van der Waals surface area contributed by atoms with Crippen LogP contribution in [0.25, 0.3) is 0 Å². The number of carbonyl (C=O) groups is 1. The zero-order valence-corrected chi connectivity index (χ0v) is 9.55. The fourth-order valence-electron chi connectivity index (χ4n) is 1.49. The van der Waals surface area contributed by atoms with Crippen molar-refractivity contribution >= 4 is 6.09 Å². The molecule has 0 aliphatic carbocycles. The number of nitrogens with two attached hydrogens (primary N) is 1. The van der Waals surface area contributed by atoms with Gasteiger partial charge in [0.15, 0.2) is 0 Å². The normalized spacial score (nSPS) is 26.9. The van der Waals surface area contributed by atoms with Gasteiger partial charge in [-0.3, -0.25) is 0 Å². The molecule has 1 aliphatic rings. The quantitative estimate of drug-likeness (QED) is 0.721. The Morgan fingerprint density at radius 1 is 1.60 bits per heavy atom. The predicted octanol–water partition coefficient (Wildman–Crippen LogP) is 1.29. The molecule has 88 valence electrons. The average Bonchev–Trinajstić information content (AvgIpc) is 2.46. The molecule has 5 heteroatoms. The Morgan fingerprint density at radius 3 is 2.60 bits per heavy atom. The second kappa shape index (κ2) is 3.96. The SMILES string of the molecule is CC(C)(C)OC(=O)N1CC[C@@](N)(CF)C1. The minimum absolute atomic E-state index is 0.235. The summed E-state index contributed by atoms with van der Waals surface area (Å²) in [6, 6.07) is 0. The van der Waals surface area contributed by atoms with E-state index in [0.29, 0.717) is 13.0 Å². The lowest BCUT2D eigenvalue weighted by Gasteiger charge is -2.25. The van der Waals surface area contributed by atoms with Gasteiger partial charge in [0.1, 0.15) is 12.3 Å². The Kier molecular flexibility index (Phi) is 3.23. The highest BCUT2D eigenvalue weighted by molar-refractivity contribution is 5.68. The number of alkyl halides is 1. The molecule has 0 bridgehead atoms. The van der Waals surface area contributed by atoms with E-state index < -0.39 is 23.9 Å². The van der Waals surface area contributed by atoms with E-state index in [-0.39, 0.29) is 6.54 Å². The molecule has 1 atom stereocenters. The first-order chi connectivity index (χ1) is 6.76. The van der Waals surface area contributed by atoms with E-state index in [4.69, 9.17) is 10.5 Å². The summed E-state index contributed by atoms with van der Waals surface area (Å²) in [5.41, 5.74) is 4.33. The molecule has 1 amide bonds. The summed E-state index contributed by atoms with van der Waals surface area (Å²) in [4.78, 5) is 13.1. The number of rotatable bonds is 1. The van der Waals surface area contributed by atoms with Gasteiger partial charge >= 0.3 is 6.09 Å². The molecule has 0 spiro atoms. The molecule has 0 aromatic carbocycles. The van der Waals surface area contributed by atoms with Gasteiger partial charge in [-0.05, 0) is 27.2 Å². The van der Waals surface area contributed by atoms with Crippen molar-refractivity contribution in [2.75, 3.05) is 19.8 Å². The lowest BCUT2D eigenvalue weighted by molar-refractivity contribution is 0.0282. The largest absolute Gasteiger partial charge is 0.444 e. The van der Waals surface area contributed by atoms with E-state index in [1.165, 1.54) is 4.90 Å². The summed E-state index contributed by atoms with van der Waals surface area (Å²) >= 11 is 0. The van der Waals surface area contributed by atoms with Crippen molar-refractivity contribution < 1.29 is 13.9 Å². The minimum atomic E-state index is -0.878. The van der Waals surface area contributed by atoms with Crippen LogP contribution < -0.4 is 5.73 Å². The molecular weight excluding hydrogens is 199 g/mol. The maximum Gasteiger partial charge on any atom is 0.410 e. The molecule has 0 radical (unpaired) electrons. The van der Waals surface area contributed by atoms with E-state index >= 15 is 0 Å². The van der Waals surface area contributed by atoms with Gasteiger partial charge in [0, 0.05) is 13.1 Å². The highest BCUT2D eigenvalue weighted by atomic mass is 19.1. The topological polar surface area (TPSA) is 55.6 Å². The van der Waals surface area contributed by atoms with E-state index in [9.17, 15) is 9.18 Å². The molecule has 15 heavy (non-hydrogen) atoms. The Hall–Kier alpha value is -0.840. The minimum Gasteiger partial charge on any atom is -0.444 e. The van der Waals surface area contributed by atoms with Gasteiger partial charge in [-0.25, -0.2) is 9.18 Å². The molecule has 1 rings (SSSR count). The second-order valence-corrected chi connectivity index (χ2v) is 5.15. The Labute approximate surface area is 89.6 Å². The summed E-state index contributed by atoms with van der Waals surface area (Å²) in [6.45, 7) is 5.49. The van der Waals surface area contributed by atoms with E-state index in [0.717, 1.165) is 0 Å². The Bertz CT molecular complexity index is 252. The van der Waals surface area contributed by atoms with Crippen molar-refractivity contribution in [3.63, 3.8) is 0 Å². The molecule has 0 aromatic heterocycles. The monoisotopic (exact) mass is 218 g/mol. The highest BCUT2D eigenvalue weighted by Gasteiger charge is 2.38.